The van der Waals surface area contributed by atoms with E-state index in [1.165, 1.54) is 6.92 Å². The normalized spacial score (nSPS) is 24.1. The third-order valence-corrected chi connectivity index (χ3v) is 13.2. The van der Waals surface area contributed by atoms with E-state index in [2.05, 4.69) is 49.5 Å². The van der Waals surface area contributed by atoms with Crippen molar-refractivity contribution in [2.75, 3.05) is 39.4 Å². The second-order valence-electron chi connectivity index (χ2n) is 20.6. The summed E-state index contributed by atoms with van der Waals surface area (Å²) in [5.41, 5.74) is 17.3. The zero-order chi connectivity index (χ0) is 59.2. The molecule has 0 bridgehead atoms. The van der Waals surface area contributed by atoms with E-state index < -0.39 is 176 Å². The molecule has 0 saturated carbocycles. The average molecular weight is 1110 g/mol. The number of Topliss-reactive ketones (excluding diaryl/α,β-unsaturated/α-hetero) is 3. The molecule has 1 aliphatic rings. The lowest BCUT2D eigenvalue weighted by atomic mass is 9.88. The minimum absolute atomic E-state index is 0.0328. The smallest absolute Gasteiger partial charge is 0.245 e. The van der Waals surface area contributed by atoms with Crippen LogP contribution < -0.4 is 59.7 Å². The standard InChI is InChI=1S/C51H91N11O16/c1-7-8-9-10-11-12-34(68)22-31(13-17-52)44(71)60-41(28(4)65)40(70)24-33(25-63)46(73)57-37-16-20-55-50(77)42(29(5)66)62-48(75)36(15-19-54)58-49(76)38(26-64)59-51(78)43(30(6)67)61-45(72)32(21-27(2)3)23-39(69)35(14-18-53)56-47(37)74/h27-33,35-38,41-43,63-67H,7-26,52-54H2,1-6H3,(H,55,77)(H,56,74)(H,57,73)(H,58,76)(H,59,78)(H,60,71)(H,61,72)(H,62,75)/t28-,29-,30-,31-,32+,33-,35+,36+,37+,38+,41+,42+,43+/m1/s1. The molecule has 78 heavy (non-hydrogen) atoms. The molecule has 27 nitrogen and oxygen atoms in total. The second kappa shape index (κ2) is 37.3. The third kappa shape index (κ3) is 25.1. The molecule has 0 aromatic heterocycles. The van der Waals surface area contributed by atoms with Gasteiger partial charge in [-0.2, -0.15) is 0 Å². The number of carbonyl (C=O) groups is 11. The van der Waals surface area contributed by atoms with Crippen LogP contribution in [-0.4, -0.2) is 190 Å². The Hall–Kier alpha value is -5.55. The molecule has 13 atom stereocenters. The molecule has 27 heteroatoms. The van der Waals surface area contributed by atoms with Gasteiger partial charge < -0.3 is 85.3 Å². The summed E-state index contributed by atoms with van der Waals surface area (Å²) in [6.45, 7) is 6.18. The van der Waals surface area contributed by atoms with Crippen molar-refractivity contribution in [1.82, 2.24) is 42.5 Å². The number of nitrogens with two attached hydrogens (primary N) is 3. The average Bonchev–Trinajstić information content (AvgIpc) is 3.37. The highest BCUT2D eigenvalue weighted by molar-refractivity contribution is 5.99. The van der Waals surface area contributed by atoms with E-state index in [0.29, 0.717) is 6.42 Å². The molecule has 0 aromatic rings. The molecule has 0 radical (unpaired) electrons. The van der Waals surface area contributed by atoms with Crippen LogP contribution in [0.4, 0.5) is 0 Å². The Labute approximate surface area is 456 Å². The summed E-state index contributed by atoms with van der Waals surface area (Å²) in [5.74, 6) is -13.9. The van der Waals surface area contributed by atoms with Crippen molar-refractivity contribution in [3.05, 3.63) is 0 Å². The Morgan fingerprint density at radius 1 is 0.641 bits per heavy atom. The van der Waals surface area contributed by atoms with Gasteiger partial charge in [-0.1, -0.05) is 46.5 Å². The summed E-state index contributed by atoms with van der Waals surface area (Å²) in [6, 6.07) is -11.5. The van der Waals surface area contributed by atoms with E-state index in [0.717, 1.165) is 39.5 Å². The van der Waals surface area contributed by atoms with Gasteiger partial charge in [0.2, 0.25) is 47.3 Å². The van der Waals surface area contributed by atoms with Crippen LogP contribution in [0.2, 0.25) is 0 Å². The molecule has 1 fully saturated rings. The molecule has 1 aliphatic heterocycles. The van der Waals surface area contributed by atoms with Crippen molar-refractivity contribution >= 4 is 64.6 Å². The van der Waals surface area contributed by atoms with E-state index in [1.54, 1.807) is 13.8 Å². The van der Waals surface area contributed by atoms with Gasteiger partial charge in [-0.3, -0.25) is 52.7 Å². The van der Waals surface area contributed by atoms with Crippen LogP contribution in [0.3, 0.4) is 0 Å². The number of rotatable bonds is 28. The van der Waals surface area contributed by atoms with Crippen LogP contribution >= 0.6 is 0 Å². The molecular formula is C51H91N11O16. The fourth-order valence-corrected chi connectivity index (χ4v) is 8.68. The number of ketones is 3. The third-order valence-electron chi connectivity index (χ3n) is 13.2. The fourth-order valence-electron chi connectivity index (χ4n) is 8.68. The summed E-state index contributed by atoms with van der Waals surface area (Å²) in [7, 11) is 0. The maximum absolute atomic E-state index is 14.3. The lowest BCUT2D eigenvalue weighted by molar-refractivity contribution is -0.138. The van der Waals surface area contributed by atoms with Crippen LogP contribution in [0.25, 0.3) is 0 Å². The van der Waals surface area contributed by atoms with E-state index in [9.17, 15) is 78.3 Å². The quantitative estimate of drug-likeness (QED) is 0.0327. The minimum Gasteiger partial charge on any atom is -0.396 e. The molecule has 0 aromatic carbocycles. The van der Waals surface area contributed by atoms with Crippen LogP contribution in [0, 0.1) is 23.7 Å². The number of nitrogens with one attached hydrogen (secondary N) is 8. The highest BCUT2D eigenvalue weighted by Gasteiger charge is 2.38. The number of hydrogen-bond donors (Lipinski definition) is 16. The summed E-state index contributed by atoms with van der Waals surface area (Å²) >= 11 is 0. The van der Waals surface area contributed by atoms with E-state index in [1.807, 2.05) is 0 Å². The van der Waals surface area contributed by atoms with Crippen molar-refractivity contribution in [3.63, 3.8) is 0 Å². The van der Waals surface area contributed by atoms with Gasteiger partial charge in [0.1, 0.15) is 42.0 Å². The van der Waals surface area contributed by atoms with Gasteiger partial charge >= 0.3 is 0 Å². The lowest BCUT2D eigenvalue weighted by Gasteiger charge is -2.28. The van der Waals surface area contributed by atoms with Crippen molar-refractivity contribution in [2.45, 2.75) is 192 Å². The predicted molar refractivity (Wildman–Crippen MR) is 284 cm³/mol. The summed E-state index contributed by atoms with van der Waals surface area (Å²) < 4.78 is 0. The Kier molecular flexibility index (Phi) is 33.7. The van der Waals surface area contributed by atoms with E-state index in [4.69, 9.17) is 17.2 Å². The van der Waals surface area contributed by atoms with Gasteiger partial charge in [0.25, 0.3) is 0 Å². The SMILES string of the molecule is CCCCCCCC(=O)C[C@@H](CCN)C(=O)N[C@H](C(=O)C[C@H](CO)C(=O)N[C@H]1CCNC(=O)[C@H]([C@@H](C)O)NC(=O)[C@H](CCN)NC(=O)[C@H](CO)NC(=O)[C@H]([C@@H](C)O)NC(=O)[C@@H](CC(C)C)CC(=O)[C@H](CCN)NC1=O)[C@@H](C)O. The molecule has 0 spiro atoms. The molecule has 1 heterocycles. The van der Waals surface area contributed by atoms with Crippen LogP contribution in [0.15, 0.2) is 0 Å². The first-order valence-electron chi connectivity index (χ1n) is 27.1. The van der Waals surface area contributed by atoms with Crippen molar-refractivity contribution in [2.24, 2.45) is 40.9 Å². The fraction of sp³-hybridized carbons (Fsp3) is 0.784. The Morgan fingerprint density at radius 3 is 1.76 bits per heavy atom. The van der Waals surface area contributed by atoms with Gasteiger partial charge in [-0.05, 0) is 84.8 Å². The van der Waals surface area contributed by atoms with Crippen molar-refractivity contribution < 1.29 is 78.3 Å². The zero-order valence-electron chi connectivity index (χ0n) is 46.2. The van der Waals surface area contributed by atoms with Gasteiger partial charge in [0.15, 0.2) is 11.6 Å². The summed E-state index contributed by atoms with van der Waals surface area (Å²) in [6.07, 6.45) is -2.32. The Morgan fingerprint density at radius 2 is 1.21 bits per heavy atom. The number of hydrogen-bond acceptors (Lipinski definition) is 19. The van der Waals surface area contributed by atoms with Gasteiger partial charge in [-0.15, -0.1) is 0 Å². The molecule has 19 N–H and O–H groups in total. The molecule has 0 aliphatic carbocycles. The Bertz CT molecular complexity index is 1970. The number of carbonyl (C=O) groups excluding carboxylic acids is 11. The van der Waals surface area contributed by atoms with E-state index in [-0.39, 0.29) is 69.9 Å². The first-order chi connectivity index (χ1) is 36.8. The van der Waals surface area contributed by atoms with Crippen LogP contribution in [0.1, 0.15) is 131 Å². The van der Waals surface area contributed by atoms with Gasteiger partial charge in [-0.25, -0.2) is 0 Å². The zero-order valence-corrected chi connectivity index (χ0v) is 46.2. The van der Waals surface area contributed by atoms with Gasteiger partial charge in [0, 0.05) is 44.1 Å². The van der Waals surface area contributed by atoms with E-state index >= 15 is 0 Å². The first kappa shape index (κ1) is 70.5. The largest absolute Gasteiger partial charge is 0.396 e. The summed E-state index contributed by atoms with van der Waals surface area (Å²) in [5, 5.41) is 71.6. The molecule has 8 amide bonds. The number of aliphatic hydroxyl groups excluding tert-OH is 5. The number of amides is 8. The lowest BCUT2D eigenvalue weighted by Crippen LogP contribution is -2.61. The topological polar surface area (TPSA) is 463 Å². The maximum atomic E-state index is 14.3. The van der Waals surface area contributed by atoms with Crippen molar-refractivity contribution in [3.8, 4) is 0 Å². The molecular weight excluding hydrogens is 1020 g/mol. The Balaban J connectivity index is 3.74. The van der Waals surface area contributed by atoms with Crippen molar-refractivity contribution in [1.29, 1.82) is 0 Å². The second-order valence-corrected chi connectivity index (χ2v) is 20.6. The highest BCUT2D eigenvalue weighted by atomic mass is 16.3. The monoisotopic (exact) mass is 1110 g/mol. The molecule has 1 saturated heterocycles. The molecule has 446 valence electrons. The minimum atomic E-state index is -1.76. The van der Waals surface area contributed by atoms with Crippen LogP contribution in [0.5, 0.6) is 0 Å². The molecule has 1 rings (SSSR count). The number of aliphatic hydroxyl groups is 5. The van der Waals surface area contributed by atoms with Crippen LogP contribution in [-0.2, 0) is 52.7 Å². The number of unbranched alkanes of at least 4 members (excludes halogenated alkanes) is 4. The molecule has 0 unspecified atom stereocenters. The maximum Gasteiger partial charge on any atom is 0.245 e. The predicted octanol–water partition coefficient (Wildman–Crippen LogP) is -4.79. The highest BCUT2D eigenvalue weighted by Crippen LogP contribution is 2.20. The summed E-state index contributed by atoms with van der Waals surface area (Å²) in [4.78, 5) is 151. The van der Waals surface area contributed by atoms with Gasteiger partial charge in [0.05, 0.1) is 43.5 Å². The first-order valence-corrected chi connectivity index (χ1v) is 27.1.